The van der Waals surface area contributed by atoms with Crippen molar-refractivity contribution in [1.82, 2.24) is 0 Å². The second kappa shape index (κ2) is 3.56. The third-order valence-corrected chi connectivity index (χ3v) is 2.72. The van der Waals surface area contributed by atoms with Gasteiger partial charge in [0.2, 0.25) is 0 Å². The SMILES string of the molecule is CC(C)=C(C(=O)Cl)S(=O)(=O)Cl. The molecule has 0 aliphatic heterocycles. The first-order valence-corrected chi connectivity index (χ1v) is 5.27. The number of halogens is 2. The number of carbonyl (C=O) groups is 1. The van der Waals surface area contributed by atoms with Crippen LogP contribution in [0.3, 0.4) is 0 Å². The van der Waals surface area contributed by atoms with Crippen LogP contribution in [0, 0.1) is 0 Å². The average molecular weight is 217 g/mol. The summed E-state index contributed by atoms with van der Waals surface area (Å²) in [5.74, 6) is 0. The minimum absolute atomic E-state index is 0.278. The molecule has 0 bridgehead atoms. The highest BCUT2D eigenvalue weighted by Crippen LogP contribution is 2.18. The van der Waals surface area contributed by atoms with Crippen LogP contribution in [0.1, 0.15) is 13.8 Å². The lowest BCUT2D eigenvalue weighted by molar-refractivity contribution is -0.108. The van der Waals surface area contributed by atoms with Gasteiger partial charge in [0.15, 0.2) is 0 Å². The topological polar surface area (TPSA) is 51.2 Å². The maximum Gasteiger partial charge on any atom is 0.266 e. The highest BCUT2D eigenvalue weighted by atomic mass is 35.7. The number of hydrogen-bond acceptors (Lipinski definition) is 3. The standard InChI is InChI=1S/C5H6Cl2O3S/c1-3(2)4(5(6)8)11(7,9)10/h1-2H3. The molecule has 0 radical (unpaired) electrons. The molecule has 0 fully saturated rings. The van der Waals surface area contributed by atoms with E-state index in [1.54, 1.807) is 0 Å². The van der Waals surface area contributed by atoms with E-state index < -0.39 is 19.2 Å². The van der Waals surface area contributed by atoms with E-state index in [9.17, 15) is 13.2 Å². The Morgan fingerprint density at radius 2 is 1.64 bits per heavy atom. The quantitative estimate of drug-likeness (QED) is 0.521. The molecule has 0 rings (SSSR count). The summed E-state index contributed by atoms with van der Waals surface area (Å²) in [6.07, 6.45) is 0. The molecule has 0 aliphatic rings. The van der Waals surface area contributed by atoms with Crippen LogP contribution in [0.5, 0.6) is 0 Å². The van der Waals surface area contributed by atoms with Crippen LogP contribution in [0.2, 0.25) is 0 Å². The first-order chi connectivity index (χ1) is 4.76. The largest absolute Gasteiger partial charge is 0.275 e. The summed E-state index contributed by atoms with van der Waals surface area (Å²) < 4.78 is 21.2. The summed E-state index contributed by atoms with van der Waals surface area (Å²) in [6.45, 7) is 2.88. The Morgan fingerprint density at radius 1 is 1.27 bits per heavy atom. The first-order valence-electron chi connectivity index (χ1n) is 2.58. The van der Waals surface area contributed by atoms with Crippen molar-refractivity contribution in [1.29, 1.82) is 0 Å². The zero-order valence-electron chi connectivity index (χ0n) is 5.89. The van der Waals surface area contributed by atoms with Crippen molar-refractivity contribution in [2.45, 2.75) is 13.8 Å². The lowest BCUT2D eigenvalue weighted by Crippen LogP contribution is -2.04. The fourth-order valence-corrected chi connectivity index (χ4v) is 2.50. The molecule has 3 nitrogen and oxygen atoms in total. The van der Waals surface area contributed by atoms with Crippen molar-refractivity contribution < 1.29 is 13.2 Å². The van der Waals surface area contributed by atoms with Crippen LogP contribution < -0.4 is 0 Å². The third-order valence-electron chi connectivity index (χ3n) is 0.876. The number of carbonyl (C=O) groups excluding carboxylic acids is 1. The van der Waals surface area contributed by atoms with Crippen molar-refractivity contribution in [2.75, 3.05) is 0 Å². The van der Waals surface area contributed by atoms with Crippen molar-refractivity contribution >= 4 is 36.6 Å². The van der Waals surface area contributed by atoms with E-state index in [0.29, 0.717) is 0 Å². The summed E-state index contributed by atoms with van der Waals surface area (Å²) in [5, 5.41) is -1.06. The van der Waals surface area contributed by atoms with E-state index in [4.69, 9.17) is 22.3 Å². The van der Waals surface area contributed by atoms with Crippen molar-refractivity contribution in [3.05, 3.63) is 10.5 Å². The molecule has 11 heavy (non-hydrogen) atoms. The summed E-state index contributed by atoms with van der Waals surface area (Å²) in [4.78, 5) is 9.94. The van der Waals surface area contributed by atoms with E-state index in [1.807, 2.05) is 0 Å². The van der Waals surface area contributed by atoms with Gasteiger partial charge in [0.05, 0.1) is 0 Å². The van der Waals surface area contributed by atoms with Gasteiger partial charge >= 0.3 is 0 Å². The van der Waals surface area contributed by atoms with E-state index >= 15 is 0 Å². The van der Waals surface area contributed by atoms with Gasteiger partial charge in [-0.05, 0) is 25.4 Å². The van der Waals surface area contributed by atoms with Gasteiger partial charge in [-0.1, -0.05) is 5.57 Å². The monoisotopic (exact) mass is 216 g/mol. The lowest BCUT2D eigenvalue weighted by Gasteiger charge is -1.97. The van der Waals surface area contributed by atoms with Gasteiger partial charge in [-0.25, -0.2) is 8.42 Å². The first kappa shape index (κ1) is 10.9. The molecular formula is C5H6Cl2O3S. The van der Waals surface area contributed by atoms with E-state index in [-0.39, 0.29) is 5.57 Å². The Labute approximate surface area is 74.4 Å². The van der Waals surface area contributed by atoms with Gasteiger partial charge in [0.1, 0.15) is 4.91 Å². The Hall–Kier alpha value is -0.0600. The molecule has 6 heteroatoms. The predicted molar refractivity (Wildman–Crippen MR) is 44.0 cm³/mol. The molecule has 0 spiro atoms. The second-order valence-electron chi connectivity index (χ2n) is 2.04. The second-order valence-corrected chi connectivity index (χ2v) is 4.89. The number of hydrogen-bond donors (Lipinski definition) is 0. The molecule has 0 aromatic rings. The number of rotatable bonds is 2. The van der Waals surface area contributed by atoms with Gasteiger partial charge in [-0.2, -0.15) is 0 Å². The average Bonchev–Trinajstić information content (AvgIpc) is 1.54. The van der Waals surface area contributed by atoms with E-state index in [0.717, 1.165) is 0 Å². The summed E-state index contributed by atoms with van der Waals surface area (Å²) in [5.41, 5.74) is 0.278. The molecule has 0 aromatic heterocycles. The van der Waals surface area contributed by atoms with Crippen molar-refractivity contribution in [2.24, 2.45) is 0 Å². The third kappa shape index (κ3) is 3.22. The molecule has 64 valence electrons. The molecule has 0 unspecified atom stereocenters. The smallest absolute Gasteiger partial charge is 0.266 e. The van der Waals surface area contributed by atoms with Gasteiger partial charge in [-0.3, -0.25) is 4.79 Å². The zero-order chi connectivity index (χ0) is 9.23. The van der Waals surface area contributed by atoms with Crippen LogP contribution >= 0.6 is 22.3 Å². The lowest BCUT2D eigenvalue weighted by atomic mass is 10.3. The fourth-order valence-electron chi connectivity index (χ4n) is 0.536. The minimum Gasteiger partial charge on any atom is -0.275 e. The normalized spacial score (nSPS) is 10.9. The summed E-state index contributed by atoms with van der Waals surface area (Å²) >= 11 is 4.96. The minimum atomic E-state index is -3.99. The number of allylic oxidation sites excluding steroid dienone is 2. The summed E-state index contributed by atoms with van der Waals surface area (Å²) in [7, 11) is 0.905. The Balaban J connectivity index is 5.32. The van der Waals surface area contributed by atoms with E-state index in [1.165, 1.54) is 13.8 Å². The summed E-state index contributed by atoms with van der Waals surface area (Å²) in [6, 6.07) is 0. The van der Waals surface area contributed by atoms with Crippen molar-refractivity contribution in [3.8, 4) is 0 Å². The van der Waals surface area contributed by atoms with Gasteiger partial charge < -0.3 is 0 Å². The highest BCUT2D eigenvalue weighted by molar-refractivity contribution is 8.17. The van der Waals surface area contributed by atoms with Crippen LogP contribution in [0.4, 0.5) is 0 Å². The predicted octanol–water partition coefficient (Wildman–Crippen LogP) is 1.61. The van der Waals surface area contributed by atoms with E-state index in [2.05, 4.69) is 0 Å². The van der Waals surface area contributed by atoms with Crippen LogP contribution in [-0.4, -0.2) is 13.7 Å². The maximum atomic E-state index is 10.6. The molecule has 0 N–H and O–H groups in total. The molecule has 0 aliphatic carbocycles. The molecule has 0 amide bonds. The maximum absolute atomic E-state index is 10.6. The molecule has 0 aromatic carbocycles. The molecule has 0 atom stereocenters. The molecular weight excluding hydrogens is 211 g/mol. The Bertz CT molecular complexity index is 298. The zero-order valence-corrected chi connectivity index (χ0v) is 8.22. The van der Waals surface area contributed by atoms with Gasteiger partial charge in [-0.15, -0.1) is 0 Å². The molecule has 0 saturated carbocycles. The molecule has 0 saturated heterocycles. The van der Waals surface area contributed by atoms with Gasteiger partial charge in [0.25, 0.3) is 14.3 Å². The Kier molecular flexibility index (Phi) is 3.54. The van der Waals surface area contributed by atoms with Crippen LogP contribution in [0.15, 0.2) is 10.5 Å². The van der Waals surface area contributed by atoms with Crippen molar-refractivity contribution in [3.63, 3.8) is 0 Å². The Morgan fingerprint density at radius 3 is 1.64 bits per heavy atom. The van der Waals surface area contributed by atoms with Crippen LogP contribution in [0.25, 0.3) is 0 Å². The molecule has 0 heterocycles. The van der Waals surface area contributed by atoms with Gasteiger partial charge in [0, 0.05) is 10.7 Å². The highest BCUT2D eigenvalue weighted by Gasteiger charge is 2.21. The van der Waals surface area contributed by atoms with Crippen LogP contribution in [-0.2, 0) is 13.8 Å². The fraction of sp³-hybridized carbons (Fsp3) is 0.400.